The monoisotopic (exact) mass is 928 g/mol. The molecule has 2 heteroatoms. The molecule has 1 atom stereocenters. The number of rotatable bonds is 2. The molecule has 10 aromatic rings. The van der Waals surface area contributed by atoms with E-state index in [9.17, 15) is 0 Å². The van der Waals surface area contributed by atoms with Crippen LogP contribution in [0.1, 0.15) is 141 Å². The summed E-state index contributed by atoms with van der Waals surface area (Å²) in [7, 11) is 0. The first-order valence-electron chi connectivity index (χ1n) is 27.1. The van der Waals surface area contributed by atoms with Crippen LogP contribution in [0.4, 0.5) is 0 Å². The molecule has 7 aliphatic rings. The van der Waals surface area contributed by atoms with Crippen molar-refractivity contribution in [2.45, 2.75) is 113 Å². The lowest BCUT2D eigenvalue weighted by Gasteiger charge is -2.30. The summed E-state index contributed by atoms with van der Waals surface area (Å²) in [6, 6.07) is 53.8. The average molecular weight is 929 g/mol. The molecule has 0 N–H and O–H groups in total. The van der Waals surface area contributed by atoms with Gasteiger partial charge in [-0.25, -0.2) is 0 Å². The Bertz CT molecular complexity index is 4200. The molecule has 0 aliphatic heterocycles. The van der Waals surface area contributed by atoms with Crippen LogP contribution in [-0.2, 0) is 21.7 Å². The van der Waals surface area contributed by atoms with Crippen molar-refractivity contribution in [3.63, 3.8) is 0 Å². The first-order chi connectivity index (χ1) is 35.2. The SMILES string of the molecule is CC1(C)c2cc3c(cc2-c2c1cc(-c1ccc4c(c1)C1(CCCC1)c1ccccc1-4)c1oc4ccccc4c21)C(C)(C)c1cc(C2C=C4C(=CC2)c2ccccc2C42CCCC2)c2oc4ccccc4c2c1-3. The van der Waals surface area contributed by atoms with Gasteiger partial charge in [-0.3, -0.25) is 0 Å². The van der Waals surface area contributed by atoms with E-state index in [1.54, 1.807) is 11.1 Å². The van der Waals surface area contributed by atoms with Crippen LogP contribution in [0, 0.1) is 0 Å². The minimum atomic E-state index is -0.279. The van der Waals surface area contributed by atoms with Crippen molar-refractivity contribution >= 4 is 49.5 Å². The molecule has 7 aliphatic carbocycles. The summed E-state index contributed by atoms with van der Waals surface area (Å²) in [6.45, 7) is 9.91. The number of hydrogen-bond donors (Lipinski definition) is 0. The Kier molecular flexibility index (Phi) is 7.56. The van der Waals surface area contributed by atoms with E-state index in [4.69, 9.17) is 8.83 Å². The molecule has 2 nitrogen and oxygen atoms in total. The van der Waals surface area contributed by atoms with Gasteiger partial charge in [0.15, 0.2) is 0 Å². The van der Waals surface area contributed by atoms with Crippen molar-refractivity contribution in [3.05, 3.63) is 207 Å². The predicted molar refractivity (Wildman–Crippen MR) is 296 cm³/mol. The van der Waals surface area contributed by atoms with Gasteiger partial charge in [0, 0.05) is 60.2 Å². The molecule has 17 rings (SSSR count). The smallest absolute Gasteiger partial charge is 0.143 e. The zero-order valence-electron chi connectivity index (χ0n) is 41.7. The third-order valence-electron chi connectivity index (χ3n) is 20.1. The van der Waals surface area contributed by atoms with Gasteiger partial charge in [0.1, 0.15) is 22.3 Å². The number of benzene rings is 8. The second kappa shape index (κ2) is 13.5. The highest BCUT2D eigenvalue weighted by Gasteiger charge is 2.50. The molecule has 1 unspecified atom stereocenters. The van der Waals surface area contributed by atoms with Gasteiger partial charge in [-0.15, -0.1) is 0 Å². The molecule has 2 fully saturated rings. The Hall–Kier alpha value is -7.16. The Labute approximate surface area is 421 Å². The molecule has 2 spiro atoms. The number of para-hydroxylation sites is 2. The summed E-state index contributed by atoms with van der Waals surface area (Å²) in [5, 5.41) is 4.93. The fourth-order valence-electron chi connectivity index (χ4n) is 16.7. The van der Waals surface area contributed by atoms with E-state index in [1.807, 2.05) is 0 Å². The van der Waals surface area contributed by atoms with E-state index in [-0.39, 0.29) is 27.6 Å². The second-order valence-corrected chi connectivity index (χ2v) is 24.0. The van der Waals surface area contributed by atoms with E-state index in [0.717, 1.165) is 28.8 Å². The van der Waals surface area contributed by atoms with Gasteiger partial charge >= 0.3 is 0 Å². The molecule has 0 saturated heterocycles. The van der Waals surface area contributed by atoms with E-state index in [2.05, 4.69) is 179 Å². The van der Waals surface area contributed by atoms with Gasteiger partial charge in [-0.05, 0) is 169 Å². The Morgan fingerprint density at radius 1 is 0.431 bits per heavy atom. The topological polar surface area (TPSA) is 26.3 Å². The van der Waals surface area contributed by atoms with Gasteiger partial charge in [0.25, 0.3) is 0 Å². The van der Waals surface area contributed by atoms with Crippen LogP contribution >= 0.6 is 0 Å². The summed E-state index contributed by atoms with van der Waals surface area (Å²) >= 11 is 0. The zero-order valence-corrected chi connectivity index (χ0v) is 41.7. The molecule has 348 valence electrons. The normalized spacial score (nSPS) is 20.5. The maximum absolute atomic E-state index is 7.17. The molecular weight excluding hydrogens is 873 g/mol. The molecule has 2 saturated carbocycles. The molecule has 72 heavy (non-hydrogen) atoms. The highest BCUT2D eigenvalue weighted by Crippen LogP contribution is 2.64. The van der Waals surface area contributed by atoms with E-state index >= 15 is 0 Å². The maximum Gasteiger partial charge on any atom is 0.143 e. The van der Waals surface area contributed by atoms with Crippen molar-refractivity contribution in [2.24, 2.45) is 0 Å². The van der Waals surface area contributed by atoms with E-state index < -0.39 is 0 Å². The Morgan fingerprint density at radius 3 is 1.64 bits per heavy atom. The molecule has 0 radical (unpaired) electrons. The van der Waals surface area contributed by atoms with Crippen LogP contribution in [0.25, 0.3) is 94.0 Å². The molecule has 8 aromatic carbocycles. The molecule has 2 aromatic heterocycles. The van der Waals surface area contributed by atoms with Crippen LogP contribution in [0.15, 0.2) is 166 Å². The lowest BCUT2D eigenvalue weighted by molar-refractivity contribution is 0.543. The summed E-state index contributed by atoms with van der Waals surface area (Å²) in [4.78, 5) is 0. The number of allylic oxidation sites excluding steroid dienone is 4. The van der Waals surface area contributed by atoms with Gasteiger partial charge in [0.2, 0.25) is 0 Å². The van der Waals surface area contributed by atoms with Gasteiger partial charge < -0.3 is 8.83 Å². The first kappa shape index (κ1) is 40.4. The third-order valence-corrected chi connectivity index (χ3v) is 20.1. The highest BCUT2D eigenvalue weighted by molar-refractivity contribution is 6.20. The lowest BCUT2D eigenvalue weighted by Crippen LogP contribution is -2.22. The van der Waals surface area contributed by atoms with Crippen LogP contribution < -0.4 is 0 Å². The number of furan rings is 2. The minimum absolute atomic E-state index is 0.0897. The summed E-state index contributed by atoms with van der Waals surface area (Å²) in [6.07, 6.45) is 16.3. The summed E-state index contributed by atoms with van der Waals surface area (Å²) in [5.41, 5.74) is 30.4. The standard InChI is InChI=1S/C70H56O2/c1-67(2)53-37-50-54(38-49(53)61-57(67)35-47(65-63(61)45-19-7-11-23-59(45)71-65)39-25-27-43-41-17-5-9-21-51(41)69(55(43)33-39)29-13-14-30-69)68(3,4)58-36-48(66-64(62(50)58)46-20-8-12-24-60(46)72-66)40-26-28-44-42-18-6-10-22-52(42)70(56(44)34-40)31-15-16-32-70/h5-12,17-25,27-28,33-38,40H,13-16,26,29-32H2,1-4H3. The van der Waals surface area contributed by atoms with Gasteiger partial charge in [0.05, 0.1) is 0 Å². The lowest BCUT2D eigenvalue weighted by atomic mass is 9.72. The molecule has 2 heterocycles. The van der Waals surface area contributed by atoms with E-state index in [0.29, 0.717) is 0 Å². The van der Waals surface area contributed by atoms with Crippen molar-refractivity contribution in [3.8, 4) is 44.5 Å². The van der Waals surface area contributed by atoms with E-state index in [1.165, 1.54) is 167 Å². The minimum Gasteiger partial charge on any atom is -0.456 e. The fraction of sp³-hybridized carbons (Fsp3) is 0.257. The highest BCUT2D eigenvalue weighted by atomic mass is 16.3. The van der Waals surface area contributed by atoms with Crippen molar-refractivity contribution < 1.29 is 8.83 Å². The Balaban J connectivity index is 0.870. The zero-order chi connectivity index (χ0) is 47.6. The second-order valence-electron chi connectivity index (χ2n) is 24.0. The molecule has 0 amide bonds. The fourth-order valence-corrected chi connectivity index (χ4v) is 16.7. The number of fused-ring (bicyclic) bond motifs is 24. The van der Waals surface area contributed by atoms with Gasteiger partial charge in [-0.1, -0.05) is 163 Å². The van der Waals surface area contributed by atoms with Crippen LogP contribution in [0.5, 0.6) is 0 Å². The molecular formula is C70H56O2. The van der Waals surface area contributed by atoms with Crippen LogP contribution in [0.2, 0.25) is 0 Å². The quantitative estimate of drug-likeness (QED) is 0.173. The maximum atomic E-state index is 7.17. The molecule has 0 bridgehead atoms. The van der Waals surface area contributed by atoms with Crippen LogP contribution in [-0.4, -0.2) is 0 Å². The van der Waals surface area contributed by atoms with Crippen molar-refractivity contribution in [2.75, 3.05) is 0 Å². The van der Waals surface area contributed by atoms with Crippen molar-refractivity contribution in [1.29, 1.82) is 0 Å². The summed E-state index contributed by atoms with van der Waals surface area (Å²) in [5.74, 6) is 0.223. The third kappa shape index (κ3) is 4.75. The Morgan fingerprint density at radius 2 is 0.958 bits per heavy atom. The predicted octanol–water partition coefficient (Wildman–Crippen LogP) is 18.9. The average Bonchev–Trinajstić information content (AvgIpc) is 4.31. The van der Waals surface area contributed by atoms with Crippen molar-refractivity contribution in [1.82, 2.24) is 0 Å². The summed E-state index contributed by atoms with van der Waals surface area (Å²) < 4.78 is 14.3. The largest absolute Gasteiger partial charge is 0.456 e. The van der Waals surface area contributed by atoms with Gasteiger partial charge in [-0.2, -0.15) is 0 Å². The van der Waals surface area contributed by atoms with Crippen LogP contribution in [0.3, 0.4) is 0 Å². The number of hydrogen-bond acceptors (Lipinski definition) is 2. The first-order valence-corrected chi connectivity index (χ1v) is 27.1.